The van der Waals surface area contributed by atoms with Crippen molar-refractivity contribution in [2.45, 2.75) is 0 Å². The van der Waals surface area contributed by atoms with E-state index in [0.717, 1.165) is 22.6 Å². The van der Waals surface area contributed by atoms with E-state index in [4.69, 9.17) is 4.74 Å². The van der Waals surface area contributed by atoms with Gasteiger partial charge in [0.25, 0.3) is 0 Å². The molecule has 18 heavy (non-hydrogen) atoms. The van der Waals surface area contributed by atoms with Gasteiger partial charge in [0.2, 0.25) is 0 Å². The molecule has 0 fully saturated rings. The molecule has 0 bridgehead atoms. The Labute approximate surface area is 109 Å². The molecule has 2 aromatic heterocycles. The smallest absolute Gasteiger partial charge is 0.139 e. The van der Waals surface area contributed by atoms with Crippen LogP contribution < -0.4 is 10.1 Å². The van der Waals surface area contributed by atoms with Gasteiger partial charge in [0.05, 0.1) is 7.11 Å². The fourth-order valence-corrected chi connectivity index (χ4v) is 2.61. The number of nitrogens with zero attached hydrogens (tertiary/aromatic N) is 1. The zero-order valence-electron chi connectivity index (χ0n) is 9.88. The maximum absolute atomic E-state index is 5.21. The molecule has 3 rings (SSSR count). The summed E-state index contributed by atoms with van der Waals surface area (Å²) in [6.45, 7) is 0. The zero-order chi connectivity index (χ0) is 12.4. The molecule has 4 heteroatoms. The highest BCUT2D eigenvalue weighted by Crippen LogP contribution is 2.28. The lowest BCUT2D eigenvalue weighted by molar-refractivity contribution is 0.415. The Morgan fingerprint density at radius 2 is 2.17 bits per heavy atom. The largest absolute Gasteiger partial charge is 0.497 e. The lowest BCUT2D eigenvalue weighted by atomic mass is 10.2. The minimum absolute atomic E-state index is 0.831. The number of ether oxygens (including phenoxy) is 1. The first-order valence-corrected chi connectivity index (χ1v) is 6.48. The first-order chi connectivity index (χ1) is 8.86. The average Bonchev–Trinajstić information content (AvgIpc) is 2.88. The second kappa shape index (κ2) is 4.66. The van der Waals surface area contributed by atoms with Gasteiger partial charge in [-0.2, -0.15) is 0 Å². The third-order valence-electron chi connectivity index (χ3n) is 2.71. The summed E-state index contributed by atoms with van der Waals surface area (Å²) in [6, 6.07) is 11.9. The van der Waals surface area contributed by atoms with E-state index in [1.165, 1.54) is 4.70 Å². The first kappa shape index (κ1) is 11.0. The highest BCUT2D eigenvalue weighted by Gasteiger charge is 2.04. The van der Waals surface area contributed by atoms with Crippen LogP contribution in [0.25, 0.3) is 10.1 Å². The number of aromatic nitrogens is 1. The zero-order valence-corrected chi connectivity index (χ0v) is 10.7. The Balaban J connectivity index is 1.98. The van der Waals surface area contributed by atoms with E-state index < -0.39 is 0 Å². The number of anilines is 2. The molecule has 0 aliphatic heterocycles. The molecule has 0 aliphatic rings. The van der Waals surface area contributed by atoms with Crippen LogP contribution in [0, 0.1) is 0 Å². The predicted molar refractivity (Wildman–Crippen MR) is 75.9 cm³/mol. The van der Waals surface area contributed by atoms with Crippen molar-refractivity contribution in [2.24, 2.45) is 0 Å². The van der Waals surface area contributed by atoms with Crippen molar-refractivity contribution >= 4 is 32.9 Å². The summed E-state index contributed by atoms with van der Waals surface area (Å²) in [5, 5.41) is 6.54. The lowest BCUT2D eigenvalue weighted by Gasteiger charge is -2.08. The predicted octanol–water partition coefficient (Wildman–Crippen LogP) is 4.05. The number of rotatable bonds is 3. The molecule has 0 atom stereocenters. The van der Waals surface area contributed by atoms with Crippen molar-refractivity contribution in [1.29, 1.82) is 0 Å². The SMILES string of the molecule is COc1cccc(Nc2nccc3sccc23)c1. The Hall–Kier alpha value is -2.07. The number of benzene rings is 1. The molecule has 3 nitrogen and oxygen atoms in total. The van der Waals surface area contributed by atoms with Crippen LogP contribution in [0.3, 0.4) is 0 Å². The number of nitrogens with one attached hydrogen (secondary N) is 1. The fourth-order valence-electron chi connectivity index (χ4n) is 1.83. The van der Waals surface area contributed by atoms with Gasteiger partial charge in [-0.15, -0.1) is 11.3 Å². The van der Waals surface area contributed by atoms with E-state index >= 15 is 0 Å². The molecule has 0 radical (unpaired) electrons. The maximum Gasteiger partial charge on any atom is 0.139 e. The molecule has 3 aromatic rings. The maximum atomic E-state index is 5.21. The van der Waals surface area contributed by atoms with Gasteiger partial charge >= 0.3 is 0 Å². The monoisotopic (exact) mass is 256 g/mol. The van der Waals surface area contributed by atoms with Gasteiger partial charge in [-0.05, 0) is 29.6 Å². The van der Waals surface area contributed by atoms with E-state index in [9.17, 15) is 0 Å². The van der Waals surface area contributed by atoms with Crippen LogP contribution in [-0.4, -0.2) is 12.1 Å². The van der Waals surface area contributed by atoms with Crippen LogP contribution >= 0.6 is 11.3 Å². The molecule has 90 valence electrons. The first-order valence-electron chi connectivity index (χ1n) is 5.60. The van der Waals surface area contributed by atoms with E-state index in [2.05, 4.69) is 21.7 Å². The van der Waals surface area contributed by atoms with Crippen molar-refractivity contribution in [2.75, 3.05) is 12.4 Å². The number of methoxy groups -OCH3 is 1. The number of pyridine rings is 1. The average molecular weight is 256 g/mol. The van der Waals surface area contributed by atoms with Crippen molar-refractivity contribution in [1.82, 2.24) is 4.98 Å². The topological polar surface area (TPSA) is 34.1 Å². The summed E-state index contributed by atoms with van der Waals surface area (Å²) >= 11 is 1.72. The van der Waals surface area contributed by atoms with E-state index in [0.29, 0.717) is 0 Å². The van der Waals surface area contributed by atoms with Crippen LogP contribution in [0.5, 0.6) is 5.75 Å². The molecule has 2 heterocycles. The van der Waals surface area contributed by atoms with Crippen LogP contribution in [-0.2, 0) is 0 Å². The lowest BCUT2D eigenvalue weighted by Crippen LogP contribution is -1.94. The Bertz CT molecular complexity index is 678. The van der Waals surface area contributed by atoms with Crippen molar-refractivity contribution in [3.63, 3.8) is 0 Å². The third kappa shape index (κ3) is 2.02. The van der Waals surface area contributed by atoms with E-state index in [1.807, 2.05) is 36.5 Å². The molecule has 0 saturated heterocycles. The summed E-state index contributed by atoms with van der Waals surface area (Å²) in [6.07, 6.45) is 1.82. The standard InChI is InChI=1S/C14H12N2OS/c1-17-11-4-2-3-10(9-11)16-14-12-6-8-18-13(12)5-7-15-14/h2-9H,1H3,(H,15,16). The van der Waals surface area contributed by atoms with Gasteiger partial charge in [0.1, 0.15) is 11.6 Å². The minimum atomic E-state index is 0.831. The summed E-state index contributed by atoms with van der Waals surface area (Å²) < 4.78 is 6.44. The molecule has 0 aliphatic carbocycles. The van der Waals surface area contributed by atoms with Gasteiger partial charge in [-0.3, -0.25) is 0 Å². The second-order valence-corrected chi connectivity index (χ2v) is 4.80. The number of hydrogen-bond acceptors (Lipinski definition) is 4. The number of hydrogen-bond donors (Lipinski definition) is 1. The van der Waals surface area contributed by atoms with Crippen molar-refractivity contribution < 1.29 is 4.74 Å². The third-order valence-corrected chi connectivity index (χ3v) is 3.59. The summed E-state index contributed by atoms with van der Waals surface area (Å²) in [7, 11) is 1.66. The summed E-state index contributed by atoms with van der Waals surface area (Å²) in [5.74, 6) is 1.71. The molecular weight excluding hydrogens is 244 g/mol. The Kier molecular flexibility index (Phi) is 2.86. The molecule has 0 saturated carbocycles. The number of fused-ring (bicyclic) bond motifs is 1. The molecule has 1 aromatic carbocycles. The summed E-state index contributed by atoms with van der Waals surface area (Å²) in [5.41, 5.74) is 0.973. The normalized spacial score (nSPS) is 10.5. The van der Waals surface area contributed by atoms with E-state index in [-0.39, 0.29) is 0 Å². The van der Waals surface area contributed by atoms with Crippen molar-refractivity contribution in [3.05, 3.63) is 48.0 Å². The van der Waals surface area contributed by atoms with Gasteiger partial charge in [-0.1, -0.05) is 6.07 Å². The summed E-state index contributed by atoms with van der Waals surface area (Å²) in [4.78, 5) is 4.38. The highest BCUT2D eigenvalue weighted by atomic mass is 32.1. The van der Waals surface area contributed by atoms with Crippen LogP contribution in [0.4, 0.5) is 11.5 Å². The van der Waals surface area contributed by atoms with E-state index in [1.54, 1.807) is 18.4 Å². The van der Waals surface area contributed by atoms with Gasteiger partial charge in [0, 0.05) is 28.0 Å². The van der Waals surface area contributed by atoms with Crippen LogP contribution in [0.2, 0.25) is 0 Å². The highest BCUT2D eigenvalue weighted by molar-refractivity contribution is 7.17. The molecule has 0 amide bonds. The van der Waals surface area contributed by atoms with Gasteiger partial charge in [-0.25, -0.2) is 4.98 Å². The Morgan fingerprint density at radius 1 is 1.22 bits per heavy atom. The molecule has 1 N–H and O–H groups in total. The Morgan fingerprint density at radius 3 is 3.06 bits per heavy atom. The van der Waals surface area contributed by atoms with Crippen molar-refractivity contribution in [3.8, 4) is 5.75 Å². The fraction of sp³-hybridized carbons (Fsp3) is 0.0714. The molecule has 0 unspecified atom stereocenters. The molecule has 0 spiro atoms. The van der Waals surface area contributed by atoms with Crippen LogP contribution in [0.1, 0.15) is 0 Å². The van der Waals surface area contributed by atoms with Crippen LogP contribution in [0.15, 0.2) is 48.0 Å². The minimum Gasteiger partial charge on any atom is -0.497 e. The number of thiophene rings is 1. The second-order valence-electron chi connectivity index (χ2n) is 3.85. The molecular formula is C14H12N2OS. The van der Waals surface area contributed by atoms with Gasteiger partial charge in [0.15, 0.2) is 0 Å². The van der Waals surface area contributed by atoms with Gasteiger partial charge < -0.3 is 10.1 Å². The quantitative estimate of drug-likeness (QED) is 0.767.